The molecule has 2 rings (SSSR count). The molecule has 0 atom stereocenters. The molecule has 0 fully saturated rings. The van der Waals surface area contributed by atoms with Crippen LogP contribution in [0.5, 0.6) is 0 Å². The summed E-state index contributed by atoms with van der Waals surface area (Å²) in [6.07, 6.45) is 12.4. The standard InChI is InChI=1S/C17H22N2/c1(2-4-10-16-12-6-8-14-18-16)3-5-11-17-13-7-9-15-19-17/h6-9,12-15H,1-5,10-11H2. The predicted molar refractivity (Wildman–Crippen MR) is 79.0 cm³/mol. The van der Waals surface area contributed by atoms with Gasteiger partial charge in [0, 0.05) is 23.8 Å². The molecule has 2 heterocycles. The fraction of sp³-hybridized carbons (Fsp3) is 0.412. The number of hydrogen-bond acceptors (Lipinski definition) is 2. The molecule has 0 radical (unpaired) electrons. The third kappa shape index (κ3) is 5.64. The molecule has 19 heavy (non-hydrogen) atoms. The maximum Gasteiger partial charge on any atom is 0.0403 e. The van der Waals surface area contributed by atoms with E-state index in [4.69, 9.17) is 0 Å². The molecular formula is C17H22N2. The fourth-order valence-corrected chi connectivity index (χ4v) is 2.23. The van der Waals surface area contributed by atoms with Crippen LogP contribution >= 0.6 is 0 Å². The normalized spacial score (nSPS) is 10.5. The van der Waals surface area contributed by atoms with Crippen LogP contribution in [0.4, 0.5) is 0 Å². The average Bonchev–Trinajstić information content (AvgIpc) is 2.48. The molecule has 2 aromatic heterocycles. The summed E-state index contributed by atoms with van der Waals surface area (Å²) < 4.78 is 0. The van der Waals surface area contributed by atoms with Gasteiger partial charge in [-0.3, -0.25) is 9.97 Å². The molecule has 0 unspecified atom stereocenters. The molecule has 0 amide bonds. The summed E-state index contributed by atoms with van der Waals surface area (Å²) in [4.78, 5) is 8.69. The van der Waals surface area contributed by atoms with Crippen molar-refractivity contribution in [1.82, 2.24) is 9.97 Å². The lowest BCUT2D eigenvalue weighted by Gasteiger charge is -2.02. The van der Waals surface area contributed by atoms with Gasteiger partial charge in [0.2, 0.25) is 0 Å². The largest absolute Gasteiger partial charge is 0.261 e. The van der Waals surface area contributed by atoms with Crippen LogP contribution < -0.4 is 0 Å². The second-order valence-corrected chi connectivity index (χ2v) is 4.91. The van der Waals surface area contributed by atoms with Crippen LogP contribution in [-0.2, 0) is 12.8 Å². The zero-order valence-corrected chi connectivity index (χ0v) is 11.5. The van der Waals surface area contributed by atoms with Gasteiger partial charge in [-0.15, -0.1) is 0 Å². The van der Waals surface area contributed by atoms with E-state index < -0.39 is 0 Å². The first-order chi connectivity index (χ1) is 9.45. The van der Waals surface area contributed by atoms with Gasteiger partial charge in [-0.2, -0.15) is 0 Å². The Kier molecular flexibility index (Phi) is 6.08. The molecule has 0 saturated heterocycles. The molecule has 0 bridgehead atoms. The van der Waals surface area contributed by atoms with Gasteiger partial charge < -0.3 is 0 Å². The van der Waals surface area contributed by atoms with Gasteiger partial charge in [0.1, 0.15) is 0 Å². The fourth-order valence-electron chi connectivity index (χ4n) is 2.23. The van der Waals surface area contributed by atoms with Gasteiger partial charge >= 0.3 is 0 Å². The third-order valence-corrected chi connectivity index (χ3v) is 3.32. The van der Waals surface area contributed by atoms with Crippen molar-refractivity contribution in [2.24, 2.45) is 0 Å². The summed E-state index contributed by atoms with van der Waals surface area (Å²) in [6.45, 7) is 0. The third-order valence-electron chi connectivity index (χ3n) is 3.32. The zero-order chi connectivity index (χ0) is 13.2. The lowest BCUT2D eigenvalue weighted by Crippen LogP contribution is -1.91. The van der Waals surface area contributed by atoms with E-state index in [9.17, 15) is 0 Å². The second-order valence-electron chi connectivity index (χ2n) is 4.91. The van der Waals surface area contributed by atoms with E-state index in [1.807, 2.05) is 24.5 Å². The molecule has 0 aliphatic rings. The minimum absolute atomic E-state index is 1.11. The van der Waals surface area contributed by atoms with Crippen molar-refractivity contribution in [3.63, 3.8) is 0 Å². The number of aromatic nitrogens is 2. The van der Waals surface area contributed by atoms with Crippen molar-refractivity contribution >= 4 is 0 Å². The predicted octanol–water partition coefficient (Wildman–Crippen LogP) is 4.21. The molecule has 2 aromatic rings. The van der Waals surface area contributed by atoms with Crippen molar-refractivity contribution in [1.29, 1.82) is 0 Å². The minimum atomic E-state index is 1.11. The zero-order valence-electron chi connectivity index (χ0n) is 11.5. The Balaban J connectivity index is 1.49. The molecule has 2 nitrogen and oxygen atoms in total. The molecule has 100 valence electrons. The molecule has 2 heteroatoms. The first kappa shape index (κ1) is 13.7. The van der Waals surface area contributed by atoms with Crippen LogP contribution in [0.1, 0.15) is 43.5 Å². The highest BCUT2D eigenvalue weighted by atomic mass is 14.7. The maximum absolute atomic E-state index is 4.34. The molecule has 0 aliphatic heterocycles. The SMILES string of the molecule is c1ccc(CCCCCCCc2ccccn2)nc1. The lowest BCUT2D eigenvalue weighted by molar-refractivity contribution is 0.607. The summed E-state index contributed by atoms with van der Waals surface area (Å²) in [5, 5.41) is 0. The Morgan fingerprint density at radius 2 is 1.05 bits per heavy atom. The first-order valence-electron chi connectivity index (χ1n) is 7.25. The number of aryl methyl sites for hydroxylation is 2. The van der Waals surface area contributed by atoms with Crippen LogP contribution in [0, 0.1) is 0 Å². The van der Waals surface area contributed by atoms with Gasteiger partial charge in [0.15, 0.2) is 0 Å². The minimum Gasteiger partial charge on any atom is -0.261 e. The Hall–Kier alpha value is -1.70. The van der Waals surface area contributed by atoms with E-state index in [0.29, 0.717) is 0 Å². The van der Waals surface area contributed by atoms with Gasteiger partial charge in [0.05, 0.1) is 0 Å². The van der Waals surface area contributed by atoms with E-state index in [-0.39, 0.29) is 0 Å². The van der Waals surface area contributed by atoms with Crippen molar-refractivity contribution in [3.05, 3.63) is 60.2 Å². The highest BCUT2D eigenvalue weighted by Crippen LogP contribution is 2.09. The Morgan fingerprint density at radius 1 is 0.579 bits per heavy atom. The summed E-state index contributed by atoms with van der Waals surface area (Å²) in [5.74, 6) is 0. The summed E-state index contributed by atoms with van der Waals surface area (Å²) in [7, 11) is 0. The summed E-state index contributed by atoms with van der Waals surface area (Å²) in [6, 6.07) is 12.3. The summed E-state index contributed by atoms with van der Waals surface area (Å²) >= 11 is 0. The highest BCUT2D eigenvalue weighted by Gasteiger charge is 1.96. The van der Waals surface area contributed by atoms with Crippen molar-refractivity contribution in [3.8, 4) is 0 Å². The molecule has 0 N–H and O–H groups in total. The number of hydrogen-bond donors (Lipinski definition) is 0. The van der Waals surface area contributed by atoms with Gasteiger partial charge in [-0.1, -0.05) is 31.4 Å². The van der Waals surface area contributed by atoms with E-state index in [2.05, 4.69) is 34.2 Å². The monoisotopic (exact) mass is 254 g/mol. The Morgan fingerprint density at radius 3 is 1.47 bits per heavy atom. The van der Waals surface area contributed by atoms with Gasteiger partial charge in [-0.25, -0.2) is 0 Å². The van der Waals surface area contributed by atoms with Crippen molar-refractivity contribution < 1.29 is 0 Å². The Labute approximate surface area is 115 Å². The van der Waals surface area contributed by atoms with Gasteiger partial charge in [0.25, 0.3) is 0 Å². The average molecular weight is 254 g/mol. The number of pyridine rings is 2. The van der Waals surface area contributed by atoms with Crippen LogP contribution in [0.3, 0.4) is 0 Å². The van der Waals surface area contributed by atoms with Gasteiger partial charge in [-0.05, 0) is 49.9 Å². The number of nitrogens with zero attached hydrogens (tertiary/aromatic N) is 2. The quantitative estimate of drug-likeness (QED) is 0.659. The molecule has 0 saturated carbocycles. The summed E-state index contributed by atoms with van der Waals surface area (Å²) in [5.41, 5.74) is 2.44. The van der Waals surface area contributed by atoms with E-state index in [1.54, 1.807) is 0 Å². The van der Waals surface area contributed by atoms with E-state index in [0.717, 1.165) is 12.8 Å². The second kappa shape index (κ2) is 8.41. The Bertz CT molecular complexity index is 396. The highest BCUT2D eigenvalue weighted by molar-refractivity contribution is 5.04. The number of rotatable bonds is 8. The van der Waals surface area contributed by atoms with Crippen LogP contribution in [0.2, 0.25) is 0 Å². The van der Waals surface area contributed by atoms with Crippen molar-refractivity contribution in [2.75, 3.05) is 0 Å². The van der Waals surface area contributed by atoms with E-state index >= 15 is 0 Å². The van der Waals surface area contributed by atoms with E-state index in [1.165, 1.54) is 43.5 Å². The van der Waals surface area contributed by atoms with Crippen LogP contribution in [0.15, 0.2) is 48.8 Å². The van der Waals surface area contributed by atoms with Crippen LogP contribution in [0.25, 0.3) is 0 Å². The molecule has 0 spiro atoms. The maximum atomic E-state index is 4.34. The molecule has 0 aromatic carbocycles. The lowest BCUT2D eigenvalue weighted by atomic mass is 10.1. The smallest absolute Gasteiger partial charge is 0.0403 e. The first-order valence-corrected chi connectivity index (χ1v) is 7.25. The topological polar surface area (TPSA) is 25.8 Å². The molecular weight excluding hydrogens is 232 g/mol. The molecule has 0 aliphatic carbocycles. The van der Waals surface area contributed by atoms with Crippen LogP contribution in [-0.4, -0.2) is 9.97 Å². The van der Waals surface area contributed by atoms with Crippen molar-refractivity contribution in [2.45, 2.75) is 44.9 Å². The number of unbranched alkanes of at least 4 members (excludes halogenated alkanes) is 4.